The lowest BCUT2D eigenvalue weighted by Crippen LogP contribution is -2.55. The van der Waals surface area contributed by atoms with Crippen molar-refractivity contribution in [1.82, 2.24) is 15.1 Å². The van der Waals surface area contributed by atoms with Crippen LogP contribution in [0.1, 0.15) is 46.5 Å². The van der Waals surface area contributed by atoms with Crippen molar-refractivity contribution < 1.29 is 13.2 Å². The Kier molecular flexibility index (Phi) is 10.2. The highest BCUT2D eigenvalue weighted by Gasteiger charge is 2.29. The largest absolute Gasteiger partial charge is 0.378 e. The molecule has 1 heterocycles. The van der Waals surface area contributed by atoms with E-state index in [0.29, 0.717) is 13.2 Å². The Labute approximate surface area is 178 Å². The van der Waals surface area contributed by atoms with Crippen LogP contribution in [-0.4, -0.2) is 94.7 Å². The minimum atomic E-state index is -2.96. The summed E-state index contributed by atoms with van der Waals surface area (Å²) in [5.74, 6) is 2.75. The van der Waals surface area contributed by atoms with E-state index in [2.05, 4.69) is 40.9 Å². The van der Waals surface area contributed by atoms with Gasteiger partial charge in [-0.2, -0.15) is 0 Å². The first-order valence-corrected chi connectivity index (χ1v) is 13.4. The second-order valence-corrected chi connectivity index (χ2v) is 11.1. The number of nitrogens with zero attached hydrogens (tertiary/aromatic N) is 3. The summed E-state index contributed by atoms with van der Waals surface area (Å²) >= 11 is 0. The molecule has 1 saturated heterocycles. The number of sulfone groups is 1. The maximum Gasteiger partial charge on any atom is 0.194 e. The number of ether oxygens (including phenoxy) is 1. The van der Waals surface area contributed by atoms with Crippen molar-refractivity contribution >= 4 is 15.8 Å². The third-order valence-electron chi connectivity index (χ3n) is 6.24. The molecule has 0 spiro atoms. The molecule has 0 atom stereocenters. The molecule has 0 unspecified atom stereocenters. The summed E-state index contributed by atoms with van der Waals surface area (Å²) < 4.78 is 27.7. The zero-order valence-corrected chi connectivity index (χ0v) is 19.7. The Hall–Kier alpha value is -0.860. The van der Waals surface area contributed by atoms with Gasteiger partial charge in [0.05, 0.1) is 25.5 Å². The second kappa shape index (κ2) is 12.1. The molecule has 0 radical (unpaired) electrons. The van der Waals surface area contributed by atoms with Crippen LogP contribution in [0.3, 0.4) is 0 Å². The highest BCUT2D eigenvalue weighted by Crippen LogP contribution is 2.32. The molecule has 0 bridgehead atoms. The van der Waals surface area contributed by atoms with Gasteiger partial charge in [-0.15, -0.1) is 0 Å². The van der Waals surface area contributed by atoms with Gasteiger partial charge in [-0.25, -0.2) is 8.42 Å². The minimum Gasteiger partial charge on any atom is -0.378 e. The van der Waals surface area contributed by atoms with Gasteiger partial charge in [-0.1, -0.05) is 13.8 Å². The zero-order valence-electron chi connectivity index (χ0n) is 18.9. The van der Waals surface area contributed by atoms with Gasteiger partial charge in [0, 0.05) is 45.0 Å². The maximum atomic E-state index is 11.1. The smallest absolute Gasteiger partial charge is 0.194 e. The van der Waals surface area contributed by atoms with Gasteiger partial charge in [0.15, 0.2) is 5.96 Å². The number of aliphatic imine (C=N–C) groups is 1. The highest BCUT2D eigenvalue weighted by molar-refractivity contribution is 7.90. The van der Waals surface area contributed by atoms with Gasteiger partial charge >= 0.3 is 0 Å². The van der Waals surface area contributed by atoms with Crippen LogP contribution in [0, 0.1) is 11.8 Å². The molecule has 1 saturated carbocycles. The fourth-order valence-corrected chi connectivity index (χ4v) is 4.81. The van der Waals surface area contributed by atoms with Crippen LogP contribution in [-0.2, 0) is 14.6 Å². The van der Waals surface area contributed by atoms with Gasteiger partial charge in [0.2, 0.25) is 0 Å². The molecule has 0 aromatic carbocycles. The monoisotopic (exact) mass is 430 g/mol. The average Bonchev–Trinajstić information content (AvgIpc) is 2.69. The predicted molar refractivity (Wildman–Crippen MR) is 120 cm³/mol. The highest BCUT2D eigenvalue weighted by atomic mass is 32.2. The number of hydrogen-bond donors (Lipinski definition) is 1. The Morgan fingerprint density at radius 1 is 1.10 bits per heavy atom. The summed E-state index contributed by atoms with van der Waals surface area (Å²) in [6, 6.07) is 0.759. The third-order valence-corrected chi connectivity index (χ3v) is 7.15. The SMILES string of the molecule is CCNC(=NCCOCCS(C)(=O)=O)N1CCN(C2CCC(C(C)C)CC2)CC1. The summed E-state index contributed by atoms with van der Waals surface area (Å²) in [7, 11) is -2.96. The fourth-order valence-electron chi connectivity index (χ4n) is 4.39. The molecule has 2 rings (SSSR count). The van der Waals surface area contributed by atoms with Crippen LogP contribution in [0.15, 0.2) is 4.99 Å². The van der Waals surface area contributed by atoms with Crippen molar-refractivity contribution in [1.29, 1.82) is 0 Å². The first-order valence-electron chi connectivity index (χ1n) is 11.3. The van der Waals surface area contributed by atoms with Crippen molar-refractivity contribution in [2.24, 2.45) is 16.8 Å². The van der Waals surface area contributed by atoms with E-state index in [-0.39, 0.29) is 12.4 Å². The molecule has 8 heteroatoms. The van der Waals surface area contributed by atoms with Crippen LogP contribution in [0.5, 0.6) is 0 Å². The molecule has 1 N–H and O–H groups in total. The van der Waals surface area contributed by atoms with Crippen molar-refractivity contribution in [3.8, 4) is 0 Å². The number of rotatable bonds is 9. The Bertz CT molecular complexity index is 593. The van der Waals surface area contributed by atoms with Crippen LogP contribution < -0.4 is 5.32 Å². The molecule has 170 valence electrons. The van der Waals surface area contributed by atoms with Gasteiger partial charge in [0.25, 0.3) is 0 Å². The van der Waals surface area contributed by atoms with E-state index < -0.39 is 9.84 Å². The van der Waals surface area contributed by atoms with E-state index in [9.17, 15) is 8.42 Å². The maximum absolute atomic E-state index is 11.1. The molecule has 2 fully saturated rings. The molecule has 2 aliphatic rings. The first-order chi connectivity index (χ1) is 13.8. The summed E-state index contributed by atoms with van der Waals surface area (Å²) in [6.07, 6.45) is 6.69. The molecule has 0 amide bonds. The lowest BCUT2D eigenvalue weighted by atomic mass is 9.79. The zero-order chi connectivity index (χ0) is 21.3. The molecule has 0 aromatic rings. The van der Waals surface area contributed by atoms with Crippen molar-refractivity contribution in [2.75, 3.05) is 64.5 Å². The summed E-state index contributed by atoms with van der Waals surface area (Å²) in [4.78, 5) is 9.71. The normalized spacial score (nSPS) is 24.9. The van der Waals surface area contributed by atoms with Crippen molar-refractivity contribution in [3.63, 3.8) is 0 Å². The van der Waals surface area contributed by atoms with E-state index in [1.807, 2.05) is 0 Å². The van der Waals surface area contributed by atoms with Crippen LogP contribution in [0.2, 0.25) is 0 Å². The Morgan fingerprint density at radius 2 is 1.76 bits per heavy atom. The second-order valence-electron chi connectivity index (χ2n) is 8.81. The van der Waals surface area contributed by atoms with E-state index in [1.54, 1.807) is 0 Å². The van der Waals surface area contributed by atoms with Crippen LogP contribution in [0.25, 0.3) is 0 Å². The van der Waals surface area contributed by atoms with Crippen LogP contribution >= 0.6 is 0 Å². The average molecular weight is 431 g/mol. The molecule has 7 nitrogen and oxygen atoms in total. The quantitative estimate of drug-likeness (QED) is 0.342. The van der Waals surface area contributed by atoms with E-state index in [4.69, 9.17) is 4.74 Å². The summed E-state index contributed by atoms with van der Waals surface area (Å²) in [5.41, 5.74) is 0. The Morgan fingerprint density at radius 3 is 2.31 bits per heavy atom. The number of nitrogens with one attached hydrogen (secondary N) is 1. The molecule has 0 aromatic heterocycles. The number of guanidine groups is 1. The number of piperazine rings is 1. The lowest BCUT2D eigenvalue weighted by Gasteiger charge is -2.43. The van der Waals surface area contributed by atoms with Crippen molar-refractivity contribution in [3.05, 3.63) is 0 Å². The van der Waals surface area contributed by atoms with Gasteiger partial charge in [-0.05, 0) is 44.4 Å². The molecule has 29 heavy (non-hydrogen) atoms. The van der Waals surface area contributed by atoms with E-state index in [0.717, 1.165) is 56.6 Å². The standard InChI is InChI=1S/C21H42N4O3S/c1-5-22-21(23-10-15-28-16-17-29(4,26)27)25-13-11-24(12-14-25)20-8-6-19(7-9-20)18(2)3/h18-20H,5-17H2,1-4H3,(H,22,23). The van der Waals surface area contributed by atoms with Gasteiger partial charge in [-0.3, -0.25) is 9.89 Å². The fraction of sp³-hybridized carbons (Fsp3) is 0.952. The van der Waals surface area contributed by atoms with Crippen molar-refractivity contribution in [2.45, 2.75) is 52.5 Å². The molecular weight excluding hydrogens is 388 g/mol. The molecular formula is C21H42N4O3S. The van der Waals surface area contributed by atoms with E-state index >= 15 is 0 Å². The third kappa shape index (κ3) is 8.80. The summed E-state index contributed by atoms with van der Waals surface area (Å²) in [6.45, 7) is 13.1. The van der Waals surface area contributed by atoms with Gasteiger partial charge < -0.3 is 15.0 Å². The van der Waals surface area contributed by atoms with E-state index in [1.165, 1.54) is 31.9 Å². The first kappa shape index (κ1) is 24.4. The Balaban J connectivity index is 1.73. The van der Waals surface area contributed by atoms with Gasteiger partial charge in [0.1, 0.15) is 9.84 Å². The topological polar surface area (TPSA) is 74.2 Å². The molecule has 1 aliphatic carbocycles. The summed E-state index contributed by atoms with van der Waals surface area (Å²) in [5, 5.41) is 3.39. The molecule has 1 aliphatic heterocycles. The number of hydrogen-bond acceptors (Lipinski definition) is 5. The lowest BCUT2D eigenvalue weighted by molar-refractivity contribution is 0.0863. The predicted octanol–water partition coefficient (Wildman–Crippen LogP) is 1.85. The van der Waals surface area contributed by atoms with Crippen LogP contribution in [0.4, 0.5) is 0 Å². The minimum absolute atomic E-state index is 0.0673.